The van der Waals surface area contributed by atoms with Gasteiger partial charge in [0.25, 0.3) is 0 Å². The van der Waals surface area contributed by atoms with Crippen molar-refractivity contribution in [3.05, 3.63) is 18.2 Å². The Balaban J connectivity index is 2.90. The lowest BCUT2D eigenvalue weighted by molar-refractivity contribution is -0.143. The van der Waals surface area contributed by atoms with Crippen molar-refractivity contribution in [2.24, 2.45) is 11.7 Å². The average molecular weight is 526 g/mol. The predicted octanol–water partition coefficient (Wildman–Crippen LogP) is -2.13. The lowest BCUT2D eigenvalue weighted by Gasteiger charge is -2.27. The van der Waals surface area contributed by atoms with Gasteiger partial charge >= 0.3 is 11.9 Å². The molecule has 0 bridgehead atoms. The van der Waals surface area contributed by atoms with E-state index < -0.39 is 72.1 Å². The molecule has 4 amide bonds. The zero-order chi connectivity index (χ0) is 28.1. The van der Waals surface area contributed by atoms with Crippen molar-refractivity contribution in [3.8, 4) is 0 Å². The molecule has 1 aromatic heterocycles. The van der Waals surface area contributed by atoms with E-state index in [1.165, 1.54) is 19.4 Å². The van der Waals surface area contributed by atoms with Gasteiger partial charge in [-0.15, -0.1) is 0 Å². The van der Waals surface area contributed by atoms with E-state index in [2.05, 4.69) is 31.2 Å². The molecule has 1 heterocycles. The minimum atomic E-state index is -1.46. The second-order valence-electron chi connectivity index (χ2n) is 8.54. The maximum absolute atomic E-state index is 12.8. The Morgan fingerprint density at radius 1 is 0.973 bits per heavy atom. The maximum Gasteiger partial charge on any atom is 0.326 e. The van der Waals surface area contributed by atoms with Gasteiger partial charge in [0.05, 0.1) is 12.9 Å². The Labute approximate surface area is 213 Å². The van der Waals surface area contributed by atoms with Crippen LogP contribution in [0.15, 0.2) is 12.5 Å². The molecule has 15 heteroatoms. The lowest BCUT2D eigenvalue weighted by atomic mass is 9.97. The van der Waals surface area contributed by atoms with Gasteiger partial charge in [-0.25, -0.2) is 9.78 Å². The molecule has 0 aliphatic heterocycles. The number of aromatic amines is 1. The highest BCUT2D eigenvalue weighted by Gasteiger charge is 2.32. The van der Waals surface area contributed by atoms with Gasteiger partial charge in [0.2, 0.25) is 23.6 Å². The molecule has 0 spiro atoms. The first-order valence-electron chi connectivity index (χ1n) is 11.7. The number of amides is 4. The molecule has 0 aliphatic rings. The molecular formula is C22H35N7O8. The normalized spacial score (nSPS) is 14.8. The number of imidazole rings is 1. The largest absolute Gasteiger partial charge is 0.481 e. The summed E-state index contributed by atoms with van der Waals surface area (Å²) in [5.74, 6) is -5.83. The first-order chi connectivity index (χ1) is 17.4. The van der Waals surface area contributed by atoms with Crippen LogP contribution < -0.4 is 27.0 Å². The highest BCUT2D eigenvalue weighted by Crippen LogP contribution is 2.10. The summed E-state index contributed by atoms with van der Waals surface area (Å²) in [5.41, 5.74) is 5.88. The summed E-state index contributed by atoms with van der Waals surface area (Å²) in [6, 6.07) is -4.81. The Kier molecular flexibility index (Phi) is 12.7. The second-order valence-corrected chi connectivity index (χ2v) is 8.54. The van der Waals surface area contributed by atoms with Crippen LogP contribution in [-0.2, 0) is 35.2 Å². The Hall–Kier alpha value is -4.01. The molecule has 0 saturated heterocycles. The van der Waals surface area contributed by atoms with E-state index in [1.807, 2.05) is 0 Å². The van der Waals surface area contributed by atoms with Gasteiger partial charge in [-0.3, -0.25) is 24.0 Å². The molecule has 9 N–H and O–H groups in total. The third-order valence-corrected chi connectivity index (χ3v) is 5.62. The van der Waals surface area contributed by atoms with Crippen molar-refractivity contribution in [2.45, 2.75) is 70.6 Å². The first-order valence-corrected chi connectivity index (χ1v) is 11.7. The Morgan fingerprint density at radius 3 is 2.16 bits per heavy atom. The standard InChI is InChI=1S/C22H35N7O8/c1-4-11(2)18(21(35)28-14(22(36)37)5-6-17(31)32)29-19(33)12(3)26-20(34)15(27-16(30)8-23)7-13-9-24-10-25-13/h9-12,14-15,18H,4-8,23H2,1-3H3,(H,24,25)(H,26,34)(H,27,30)(H,28,35)(H,29,33)(H,31,32)(H,36,37)/t11-,12-,14-,15-,18-/m0/s1. The molecule has 0 saturated carbocycles. The molecule has 0 aliphatic carbocycles. The highest BCUT2D eigenvalue weighted by molar-refractivity contribution is 5.95. The zero-order valence-electron chi connectivity index (χ0n) is 20.9. The summed E-state index contributed by atoms with van der Waals surface area (Å²) in [6.07, 6.45) is 2.57. The number of hydrogen-bond donors (Lipinski definition) is 8. The fourth-order valence-corrected chi connectivity index (χ4v) is 3.23. The van der Waals surface area contributed by atoms with E-state index in [0.717, 1.165) is 0 Å². The molecule has 0 radical (unpaired) electrons. The zero-order valence-corrected chi connectivity index (χ0v) is 20.9. The van der Waals surface area contributed by atoms with Gasteiger partial charge in [-0.2, -0.15) is 0 Å². The van der Waals surface area contributed by atoms with E-state index in [4.69, 9.17) is 10.8 Å². The smallest absolute Gasteiger partial charge is 0.326 e. The van der Waals surface area contributed by atoms with Crippen LogP contribution in [0.2, 0.25) is 0 Å². The van der Waals surface area contributed by atoms with Crippen LogP contribution in [0.1, 0.15) is 45.7 Å². The van der Waals surface area contributed by atoms with Crippen molar-refractivity contribution in [3.63, 3.8) is 0 Å². The number of carbonyl (C=O) groups excluding carboxylic acids is 4. The molecule has 0 fully saturated rings. The number of rotatable bonds is 16. The minimum absolute atomic E-state index is 0.0523. The van der Waals surface area contributed by atoms with Crippen LogP contribution >= 0.6 is 0 Å². The minimum Gasteiger partial charge on any atom is -0.481 e. The number of H-pyrrole nitrogens is 1. The summed E-state index contributed by atoms with van der Waals surface area (Å²) < 4.78 is 0. The fraction of sp³-hybridized carbons (Fsp3) is 0.591. The molecule has 1 rings (SSSR count). The van der Waals surface area contributed by atoms with Crippen molar-refractivity contribution >= 4 is 35.6 Å². The van der Waals surface area contributed by atoms with E-state index in [-0.39, 0.29) is 19.4 Å². The molecule has 1 aromatic rings. The fourth-order valence-electron chi connectivity index (χ4n) is 3.23. The van der Waals surface area contributed by atoms with Crippen molar-refractivity contribution in [2.75, 3.05) is 6.54 Å². The van der Waals surface area contributed by atoms with Crippen molar-refractivity contribution in [1.82, 2.24) is 31.2 Å². The predicted molar refractivity (Wildman–Crippen MR) is 129 cm³/mol. The lowest BCUT2D eigenvalue weighted by Crippen LogP contribution is -2.58. The van der Waals surface area contributed by atoms with E-state index in [1.54, 1.807) is 13.8 Å². The third kappa shape index (κ3) is 10.6. The number of carboxylic acid groups (broad SMARTS) is 2. The van der Waals surface area contributed by atoms with Gasteiger partial charge in [-0.05, 0) is 19.3 Å². The monoisotopic (exact) mass is 525 g/mol. The molecule has 206 valence electrons. The number of nitrogens with zero attached hydrogens (tertiary/aromatic N) is 1. The van der Waals surface area contributed by atoms with E-state index >= 15 is 0 Å². The highest BCUT2D eigenvalue weighted by atomic mass is 16.4. The number of hydrogen-bond acceptors (Lipinski definition) is 8. The average Bonchev–Trinajstić information content (AvgIpc) is 3.36. The van der Waals surface area contributed by atoms with Crippen molar-refractivity contribution < 1.29 is 39.0 Å². The SMILES string of the molecule is CC[C@H](C)[C@H](NC(=O)[C@H](C)NC(=O)[C@H](Cc1cnc[nH]1)NC(=O)CN)C(=O)N[C@@H](CCC(=O)O)C(=O)O. The van der Waals surface area contributed by atoms with Crippen LogP contribution in [0.25, 0.3) is 0 Å². The number of carbonyl (C=O) groups is 6. The summed E-state index contributed by atoms with van der Waals surface area (Å²) in [4.78, 5) is 79.2. The third-order valence-electron chi connectivity index (χ3n) is 5.62. The number of nitrogens with one attached hydrogen (secondary N) is 5. The van der Waals surface area contributed by atoms with E-state index in [0.29, 0.717) is 12.1 Å². The number of aromatic nitrogens is 2. The maximum atomic E-state index is 12.8. The van der Waals surface area contributed by atoms with Crippen LogP contribution in [0.4, 0.5) is 0 Å². The summed E-state index contributed by atoms with van der Waals surface area (Å²) in [6.45, 7) is 4.47. The Morgan fingerprint density at radius 2 is 1.65 bits per heavy atom. The summed E-state index contributed by atoms with van der Waals surface area (Å²) >= 11 is 0. The van der Waals surface area contributed by atoms with Crippen LogP contribution in [0.5, 0.6) is 0 Å². The molecule has 37 heavy (non-hydrogen) atoms. The molecule has 15 nitrogen and oxygen atoms in total. The van der Waals surface area contributed by atoms with Crippen molar-refractivity contribution in [1.29, 1.82) is 0 Å². The van der Waals surface area contributed by atoms with E-state index in [9.17, 15) is 33.9 Å². The van der Waals surface area contributed by atoms with Gasteiger partial charge in [0, 0.05) is 24.7 Å². The van der Waals surface area contributed by atoms with Gasteiger partial charge in [0.15, 0.2) is 0 Å². The number of nitrogens with two attached hydrogens (primary N) is 1. The topological polar surface area (TPSA) is 246 Å². The first kappa shape index (κ1) is 31.0. The molecule has 0 aromatic carbocycles. The number of carboxylic acids is 2. The second kappa shape index (κ2) is 15.2. The quantitative estimate of drug-likeness (QED) is 0.116. The summed E-state index contributed by atoms with van der Waals surface area (Å²) in [7, 11) is 0. The van der Waals surface area contributed by atoms with Gasteiger partial charge in [0.1, 0.15) is 24.2 Å². The van der Waals surface area contributed by atoms with Gasteiger partial charge in [-0.1, -0.05) is 20.3 Å². The Bertz CT molecular complexity index is 953. The van der Waals surface area contributed by atoms with Crippen LogP contribution in [-0.4, -0.2) is 86.5 Å². The molecule has 0 unspecified atom stereocenters. The molecule has 5 atom stereocenters. The van der Waals surface area contributed by atoms with Crippen LogP contribution in [0.3, 0.4) is 0 Å². The number of aliphatic carboxylic acids is 2. The molecular weight excluding hydrogens is 490 g/mol. The van der Waals surface area contributed by atoms with Gasteiger partial charge < -0.3 is 42.2 Å². The van der Waals surface area contributed by atoms with Crippen LogP contribution in [0, 0.1) is 5.92 Å². The summed E-state index contributed by atoms with van der Waals surface area (Å²) in [5, 5.41) is 27.9.